The zero-order valence-electron chi connectivity index (χ0n) is 10.2. The first kappa shape index (κ1) is 14.7. The molecule has 0 amide bonds. The van der Waals surface area contributed by atoms with Crippen LogP contribution in [-0.2, 0) is 10.0 Å². The SMILES string of the molecule is CCCCCN(Br)S(=O)(=O)c1ccc(C)cc1. The van der Waals surface area contributed by atoms with E-state index < -0.39 is 10.0 Å². The van der Waals surface area contributed by atoms with Gasteiger partial charge in [-0.1, -0.05) is 37.5 Å². The zero-order valence-corrected chi connectivity index (χ0v) is 12.6. The van der Waals surface area contributed by atoms with E-state index in [0.717, 1.165) is 24.8 Å². The molecule has 17 heavy (non-hydrogen) atoms. The molecule has 0 aliphatic heterocycles. The van der Waals surface area contributed by atoms with Crippen molar-refractivity contribution >= 4 is 26.2 Å². The molecule has 0 bridgehead atoms. The van der Waals surface area contributed by atoms with Crippen LogP contribution in [0.1, 0.15) is 31.7 Å². The molecule has 0 aliphatic rings. The van der Waals surface area contributed by atoms with Gasteiger partial charge in [-0.05, 0) is 25.5 Å². The number of halogens is 1. The standard InChI is InChI=1S/C12H18BrNO2S/c1-3-4-5-10-14(13)17(15,16)12-8-6-11(2)7-9-12/h6-9H,3-5,10H2,1-2H3. The molecule has 1 aromatic carbocycles. The van der Waals surface area contributed by atoms with Gasteiger partial charge in [0, 0.05) is 22.7 Å². The Bertz CT molecular complexity index is 442. The topological polar surface area (TPSA) is 37.4 Å². The van der Waals surface area contributed by atoms with Gasteiger partial charge in [-0.2, -0.15) is 0 Å². The molecule has 5 heteroatoms. The zero-order chi connectivity index (χ0) is 12.9. The highest BCUT2D eigenvalue weighted by Gasteiger charge is 2.21. The lowest BCUT2D eigenvalue weighted by Crippen LogP contribution is -2.22. The van der Waals surface area contributed by atoms with Crippen LogP contribution in [0.2, 0.25) is 0 Å². The van der Waals surface area contributed by atoms with E-state index in [0.29, 0.717) is 11.4 Å². The van der Waals surface area contributed by atoms with Crippen molar-refractivity contribution in [2.75, 3.05) is 6.54 Å². The second-order valence-corrected chi connectivity index (χ2v) is 7.22. The quantitative estimate of drug-likeness (QED) is 0.594. The summed E-state index contributed by atoms with van der Waals surface area (Å²) in [5.41, 5.74) is 1.05. The van der Waals surface area contributed by atoms with Crippen LogP contribution in [0, 0.1) is 6.92 Å². The highest BCUT2D eigenvalue weighted by atomic mass is 79.9. The van der Waals surface area contributed by atoms with E-state index >= 15 is 0 Å². The minimum Gasteiger partial charge on any atom is -0.206 e. The van der Waals surface area contributed by atoms with Crippen molar-refractivity contribution in [2.24, 2.45) is 0 Å². The van der Waals surface area contributed by atoms with Gasteiger partial charge in [0.1, 0.15) is 0 Å². The lowest BCUT2D eigenvalue weighted by molar-refractivity contribution is 0.533. The van der Waals surface area contributed by atoms with E-state index in [9.17, 15) is 8.42 Å². The summed E-state index contributed by atoms with van der Waals surface area (Å²) in [5, 5.41) is 0. The molecule has 0 N–H and O–H groups in total. The average Bonchev–Trinajstić information content (AvgIpc) is 2.29. The maximum absolute atomic E-state index is 12.1. The van der Waals surface area contributed by atoms with Crippen molar-refractivity contribution in [1.29, 1.82) is 0 Å². The van der Waals surface area contributed by atoms with Gasteiger partial charge in [-0.25, -0.2) is 8.42 Å². The van der Waals surface area contributed by atoms with Crippen LogP contribution in [-0.4, -0.2) is 18.3 Å². The third-order valence-electron chi connectivity index (χ3n) is 2.52. The van der Waals surface area contributed by atoms with Gasteiger partial charge in [0.15, 0.2) is 0 Å². The van der Waals surface area contributed by atoms with Gasteiger partial charge in [0.25, 0.3) is 10.0 Å². The molecule has 0 saturated heterocycles. The highest BCUT2D eigenvalue weighted by Crippen LogP contribution is 2.20. The second-order valence-electron chi connectivity index (χ2n) is 4.04. The van der Waals surface area contributed by atoms with Crippen molar-refractivity contribution in [2.45, 2.75) is 38.0 Å². The molecule has 0 atom stereocenters. The number of benzene rings is 1. The molecule has 0 spiro atoms. The Balaban J connectivity index is 2.76. The predicted molar refractivity (Wildman–Crippen MR) is 73.5 cm³/mol. The monoisotopic (exact) mass is 319 g/mol. The summed E-state index contributed by atoms with van der Waals surface area (Å²) in [4.78, 5) is 0.330. The molecule has 1 rings (SSSR count). The van der Waals surface area contributed by atoms with Gasteiger partial charge < -0.3 is 0 Å². The Morgan fingerprint density at radius 3 is 2.29 bits per heavy atom. The molecule has 0 saturated carbocycles. The van der Waals surface area contributed by atoms with Crippen molar-refractivity contribution in [3.05, 3.63) is 29.8 Å². The van der Waals surface area contributed by atoms with Gasteiger partial charge in [0.2, 0.25) is 0 Å². The van der Waals surface area contributed by atoms with E-state index in [2.05, 4.69) is 23.1 Å². The van der Waals surface area contributed by atoms with Crippen LogP contribution in [0.3, 0.4) is 0 Å². The van der Waals surface area contributed by atoms with Crippen molar-refractivity contribution in [3.8, 4) is 0 Å². The van der Waals surface area contributed by atoms with Crippen molar-refractivity contribution in [1.82, 2.24) is 3.33 Å². The van der Waals surface area contributed by atoms with Crippen LogP contribution < -0.4 is 0 Å². The summed E-state index contributed by atoms with van der Waals surface area (Å²) in [7, 11) is -3.39. The summed E-state index contributed by atoms with van der Waals surface area (Å²) in [6, 6.07) is 6.89. The Kier molecular flexibility index (Phi) is 5.62. The maximum Gasteiger partial charge on any atom is 0.252 e. The fourth-order valence-electron chi connectivity index (χ4n) is 1.43. The van der Waals surface area contributed by atoms with Crippen LogP contribution >= 0.6 is 16.1 Å². The molecule has 0 aliphatic carbocycles. The fourth-order valence-corrected chi connectivity index (χ4v) is 3.26. The number of hydrogen-bond acceptors (Lipinski definition) is 2. The smallest absolute Gasteiger partial charge is 0.206 e. The summed E-state index contributed by atoms with van der Waals surface area (Å²) >= 11 is 3.13. The molecule has 0 heterocycles. The van der Waals surface area contributed by atoms with E-state index in [4.69, 9.17) is 0 Å². The molecule has 1 aromatic rings. The molecule has 3 nitrogen and oxygen atoms in total. The van der Waals surface area contributed by atoms with Gasteiger partial charge in [0.05, 0.1) is 4.90 Å². The Labute approximate surface area is 112 Å². The van der Waals surface area contributed by atoms with Crippen LogP contribution in [0.4, 0.5) is 0 Å². The number of rotatable bonds is 6. The molecular formula is C12H18BrNO2S. The lowest BCUT2D eigenvalue weighted by atomic mass is 10.2. The van der Waals surface area contributed by atoms with Crippen molar-refractivity contribution < 1.29 is 8.42 Å². The maximum atomic E-state index is 12.1. The number of sulfonamides is 1. The van der Waals surface area contributed by atoms with Crippen LogP contribution in [0.15, 0.2) is 29.2 Å². The normalized spacial score (nSPS) is 12.0. The first-order valence-corrected chi connectivity index (χ1v) is 7.88. The summed E-state index contributed by atoms with van der Waals surface area (Å²) < 4.78 is 25.5. The van der Waals surface area contributed by atoms with Crippen LogP contribution in [0.5, 0.6) is 0 Å². The molecule has 0 unspecified atom stereocenters. The van der Waals surface area contributed by atoms with E-state index in [1.54, 1.807) is 24.3 Å². The predicted octanol–water partition coefficient (Wildman–Crippen LogP) is 3.49. The van der Waals surface area contributed by atoms with E-state index in [-0.39, 0.29) is 0 Å². The summed E-state index contributed by atoms with van der Waals surface area (Å²) in [6.07, 6.45) is 2.98. The largest absolute Gasteiger partial charge is 0.252 e. The molecule has 0 fully saturated rings. The third-order valence-corrected chi connectivity index (χ3v) is 5.59. The Morgan fingerprint density at radius 1 is 1.18 bits per heavy atom. The number of nitrogens with zero attached hydrogens (tertiary/aromatic N) is 1. The Hall–Kier alpha value is -0.390. The minimum absolute atomic E-state index is 0.330. The molecular weight excluding hydrogens is 302 g/mol. The van der Waals surface area contributed by atoms with Crippen LogP contribution in [0.25, 0.3) is 0 Å². The summed E-state index contributed by atoms with van der Waals surface area (Å²) in [5.74, 6) is 0. The number of unbranched alkanes of at least 4 members (excludes halogenated alkanes) is 2. The highest BCUT2D eigenvalue weighted by molar-refractivity contribution is 9.08. The fraction of sp³-hybridized carbons (Fsp3) is 0.500. The molecule has 0 aromatic heterocycles. The molecule has 96 valence electrons. The van der Waals surface area contributed by atoms with Gasteiger partial charge in [-0.3, -0.25) is 0 Å². The van der Waals surface area contributed by atoms with Crippen molar-refractivity contribution in [3.63, 3.8) is 0 Å². The first-order valence-electron chi connectivity index (χ1n) is 5.73. The lowest BCUT2D eigenvalue weighted by Gasteiger charge is -2.14. The Morgan fingerprint density at radius 2 is 1.76 bits per heavy atom. The van der Waals surface area contributed by atoms with Gasteiger partial charge in [-0.15, -0.1) is 3.33 Å². The number of aryl methyl sites for hydroxylation is 1. The minimum atomic E-state index is -3.39. The van der Waals surface area contributed by atoms with E-state index in [1.165, 1.54) is 3.33 Å². The first-order chi connectivity index (χ1) is 7.98. The average molecular weight is 320 g/mol. The third kappa shape index (κ3) is 4.08. The summed E-state index contributed by atoms with van der Waals surface area (Å²) in [6.45, 7) is 4.53. The molecule has 0 radical (unpaired) electrons. The van der Waals surface area contributed by atoms with E-state index in [1.807, 2.05) is 6.92 Å². The second kappa shape index (κ2) is 6.52. The number of hydrogen-bond donors (Lipinski definition) is 0. The van der Waals surface area contributed by atoms with Gasteiger partial charge >= 0.3 is 0 Å².